The first-order chi connectivity index (χ1) is 12.9. The van der Waals surface area contributed by atoms with Crippen molar-refractivity contribution in [3.63, 3.8) is 0 Å². The second-order valence-electron chi connectivity index (χ2n) is 5.97. The molecule has 10 heteroatoms. The summed E-state index contributed by atoms with van der Waals surface area (Å²) in [4.78, 5) is 11.8. The molecular weight excluding hydrogens is 364 g/mol. The van der Waals surface area contributed by atoms with E-state index in [1.165, 1.54) is 18.2 Å². The molecule has 1 aromatic heterocycles. The molecule has 10 nitrogen and oxygen atoms in total. The molecule has 2 heterocycles. The van der Waals surface area contributed by atoms with E-state index in [0.29, 0.717) is 5.39 Å². The molecule has 1 aliphatic heterocycles. The molecule has 1 aliphatic rings. The fourth-order valence-electron chi connectivity index (χ4n) is 2.81. The fraction of sp³-hybridized carbons (Fsp3) is 0.471. The molecule has 0 bridgehead atoms. The topological polar surface area (TPSA) is 159 Å². The van der Waals surface area contributed by atoms with Gasteiger partial charge in [-0.05, 0) is 19.1 Å². The molecule has 1 aromatic carbocycles. The van der Waals surface area contributed by atoms with E-state index in [1.54, 1.807) is 6.92 Å². The Labute approximate surface area is 152 Å². The first-order valence-electron chi connectivity index (χ1n) is 8.27. The van der Waals surface area contributed by atoms with E-state index in [2.05, 4.69) is 0 Å². The fourth-order valence-corrected chi connectivity index (χ4v) is 2.81. The van der Waals surface area contributed by atoms with Crippen molar-refractivity contribution in [1.29, 1.82) is 0 Å². The Morgan fingerprint density at radius 3 is 2.56 bits per heavy atom. The molecule has 0 unspecified atom stereocenters. The molecule has 5 atom stereocenters. The number of aliphatic hydroxyl groups excluding tert-OH is 4. The summed E-state index contributed by atoms with van der Waals surface area (Å²) in [7, 11) is 0. The first kappa shape index (κ1) is 19.4. The Hall–Kier alpha value is -2.37. The van der Waals surface area contributed by atoms with Crippen molar-refractivity contribution in [2.75, 3.05) is 13.2 Å². The van der Waals surface area contributed by atoms with Gasteiger partial charge in [-0.1, -0.05) is 0 Å². The Morgan fingerprint density at radius 1 is 1.15 bits per heavy atom. The number of fused-ring (bicyclic) bond motifs is 1. The van der Waals surface area contributed by atoms with E-state index in [9.17, 15) is 30.3 Å². The molecule has 0 aliphatic carbocycles. The van der Waals surface area contributed by atoms with Crippen LogP contribution in [0.25, 0.3) is 11.0 Å². The van der Waals surface area contributed by atoms with Gasteiger partial charge in [0, 0.05) is 6.07 Å². The van der Waals surface area contributed by atoms with Crippen molar-refractivity contribution >= 4 is 11.0 Å². The summed E-state index contributed by atoms with van der Waals surface area (Å²) in [5.74, 6) is -0.557. The van der Waals surface area contributed by atoms with Crippen LogP contribution in [0.4, 0.5) is 0 Å². The monoisotopic (exact) mass is 384 g/mol. The number of rotatable bonds is 5. The normalized spacial score (nSPS) is 28.3. The van der Waals surface area contributed by atoms with Crippen LogP contribution in [0.1, 0.15) is 6.92 Å². The minimum absolute atomic E-state index is 0.0249. The van der Waals surface area contributed by atoms with Crippen molar-refractivity contribution in [3.05, 3.63) is 28.6 Å². The average molecular weight is 384 g/mol. The van der Waals surface area contributed by atoms with Crippen molar-refractivity contribution in [3.8, 4) is 17.2 Å². The van der Waals surface area contributed by atoms with Gasteiger partial charge in [0.25, 0.3) is 0 Å². The number of aromatic hydroxyl groups is 1. The van der Waals surface area contributed by atoms with Gasteiger partial charge >= 0.3 is 5.63 Å². The van der Waals surface area contributed by atoms with Crippen LogP contribution < -0.4 is 15.1 Å². The average Bonchev–Trinajstić information content (AvgIpc) is 2.65. The number of aliphatic hydroxyl groups is 4. The summed E-state index contributed by atoms with van der Waals surface area (Å²) in [6.07, 6.45) is -7.16. The van der Waals surface area contributed by atoms with E-state index in [0.717, 1.165) is 0 Å². The lowest BCUT2D eigenvalue weighted by molar-refractivity contribution is -0.277. The summed E-state index contributed by atoms with van der Waals surface area (Å²) in [6.45, 7) is 1.32. The van der Waals surface area contributed by atoms with Crippen LogP contribution in [0, 0.1) is 0 Å². The van der Waals surface area contributed by atoms with Gasteiger partial charge < -0.3 is 44.2 Å². The third kappa shape index (κ3) is 3.57. The van der Waals surface area contributed by atoms with E-state index < -0.39 is 48.7 Å². The molecule has 0 radical (unpaired) electrons. The van der Waals surface area contributed by atoms with Gasteiger partial charge in [-0.2, -0.15) is 0 Å². The third-order valence-corrected chi connectivity index (χ3v) is 4.20. The highest BCUT2D eigenvalue weighted by Gasteiger charge is 2.44. The molecule has 0 spiro atoms. The molecule has 2 aromatic rings. The van der Waals surface area contributed by atoms with Crippen LogP contribution in [0.5, 0.6) is 17.2 Å². The van der Waals surface area contributed by atoms with E-state index in [4.69, 9.17) is 18.6 Å². The summed E-state index contributed by atoms with van der Waals surface area (Å²) >= 11 is 0. The van der Waals surface area contributed by atoms with Gasteiger partial charge in [0.05, 0.1) is 18.6 Å². The second kappa shape index (κ2) is 7.71. The maximum atomic E-state index is 11.8. The highest BCUT2D eigenvalue weighted by atomic mass is 16.7. The lowest BCUT2D eigenvalue weighted by atomic mass is 9.99. The van der Waals surface area contributed by atoms with Crippen LogP contribution in [0.2, 0.25) is 0 Å². The molecule has 1 fully saturated rings. The molecule has 27 heavy (non-hydrogen) atoms. The zero-order chi connectivity index (χ0) is 19.7. The zero-order valence-corrected chi connectivity index (χ0v) is 14.3. The van der Waals surface area contributed by atoms with Gasteiger partial charge in [-0.3, -0.25) is 0 Å². The van der Waals surface area contributed by atoms with Crippen molar-refractivity contribution in [2.45, 2.75) is 37.6 Å². The maximum absolute atomic E-state index is 11.8. The van der Waals surface area contributed by atoms with Gasteiger partial charge in [-0.25, -0.2) is 4.79 Å². The number of benzene rings is 1. The highest BCUT2D eigenvalue weighted by molar-refractivity contribution is 5.86. The predicted molar refractivity (Wildman–Crippen MR) is 89.7 cm³/mol. The lowest BCUT2D eigenvalue weighted by Crippen LogP contribution is -2.60. The van der Waals surface area contributed by atoms with Gasteiger partial charge in [0.1, 0.15) is 35.7 Å². The summed E-state index contributed by atoms with van der Waals surface area (Å²) in [5.41, 5.74) is -0.931. The smallest absolute Gasteiger partial charge is 0.382 e. The van der Waals surface area contributed by atoms with Crippen molar-refractivity contribution in [1.82, 2.24) is 0 Å². The van der Waals surface area contributed by atoms with E-state index >= 15 is 0 Å². The zero-order valence-electron chi connectivity index (χ0n) is 14.3. The number of ether oxygens (including phenoxy) is 3. The molecule has 3 rings (SSSR count). The van der Waals surface area contributed by atoms with Gasteiger partial charge in [0.2, 0.25) is 12.0 Å². The Morgan fingerprint density at radius 2 is 1.89 bits per heavy atom. The van der Waals surface area contributed by atoms with Crippen molar-refractivity contribution in [2.24, 2.45) is 0 Å². The summed E-state index contributed by atoms with van der Waals surface area (Å²) in [5, 5.41) is 49.0. The molecule has 148 valence electrons. The van der Waals surface area contributed by atoms with E-state index in [-0.39, 0.29) is 23.7 Å². The van der Waals surface area contributed by atoms with Crippen LogP contribution in [0.15, 0.2) is 27.4 Å². The molecule has 1 saturated heterocycles. The molecular formula is C17H20O10. The first-order valence-corrected chi connectivity index (χ1v) is 8.27. The predicted octanol–water partition coefficient (Wildman–Crippen LogP) is -0.924. The molecule has 0 amide bonds. The minimum atomic E-state index is -1.58. The Bertz CT molecular complexity index is 861. The third-order valence-electron chi connectivity index (χ3n) is 4.20. The van der Waals surface area contributed by atoms with Crippen LogP contribution in [-0.2, 0) is 4.74 Å². The maximum Gasteiger partial charge on any atom is 0.382 e. The lowest BCUT2D eigenvalue weighted by Gasteiger charge is -2.39. The highest BCUT2D eigenvalue weighted by Crippen LogP contribution is 2.34. The Kier molecular flexibility index (Phi) is 5.53. The van der Waals surface area contributed by atoms with Crippen LogP contribution >= 0.6 is 0 Å². The standard InChI is InChI=1S/C17H20O10/c1-2-24-15-8-4-3-7(5-9(8)26-16(23)14(15)22)25-17-13(21)12(20)11(19)10(6-18)27-17/h3-5,10-13,17-22H,2,6H2,1H3/t10-,11-,12+,13-,17-/m1/s1. The number of hydrogen-bond acceptors (Lipinski definition) is 10. The largest absolute Gasteiger partial charge is 0.499 e. The van der Waals surface area contributed by atoms with E-state index in [1.807, 2.05) is 0 Å². The summed E-state index contributed by atoms with van der Waals surface area (Å²) < 4.78 is 21.0. The molecule has 0 saturated carbocycles. The van der Waals surface area contributed by atoms with Gasteiger partial charge in [-0.15, -0.1) is 0 Å². The van der Waals surface area contributed by atoms with Gasteiger partial charge in [0.15, 0.2) is 5.75 Å². The minimum Gasteiger partial charge on any atom is -0.499 e. The van der Waals surface area contributed by atoms with Crippen LogP contribution in [0.3, 0.4) is 0 Å². The quantitative estimate of drug-likeness (QED) is 0.408. The van der Waals surface area contributed by atoms with Crippen LogP contribution in [-0.4, -0.2) is 69.5 Å². The molecule has 5 N–H and O–H groups in total. The Balaban J connectivity index is 1.92. The SMILES string of the molecule is CCOc1c(O)c(=O)oc2cc(O[C@@H]3O[C@H](CO)[C@@H](O)[C@H](O)[C@H]3O)ccc12. The van der Waals surface area contributed by atoms with Crippen molar-refractivity contribution < 1.29 is 44.2 Å². The second-order valence-corrected chi connectivity index (χ2v) is 5.97. The summed E-state index contributed by atoms with van der Waals surface area (Å²) in [6, 6.07) is 4.24. The number of hydrogen-bond donors (Lipinski definition) is 5.